The second kappa shape index (κ2) is 15.4. The largest absolute Gasteiger partial charge is 0.246 e. The monoisotopic (exact) mass is 782 g/mol. The number of aliphatic imine (C=N–C) groups is 2. The van der Waals surface area contributed by atoms with Crippen molar-refractivity contribution < 1.29 is 22.0 Å². The molecular weight excluding hydrogens is 748 g/mol. The number of hydrogen-bond donors (Lipinski definition) is 0. The van der Waals surface area contributed by atoms with Gasteiger partial charge < -0.3 is 0 Å². The summed E-state index contributed by atoms with van der Waals surface area (Å²) in [5, 5.41) is 1.95. The zero-order valence-electron chi connectivity index (χ0n) is 32.0. The fourth-order valence-electron chi connectivity index (χ4n) is 8.36. The molecular formula is C52H35F5N2. The van der Waals surface area contributed by atoms with Gasteiger partial charge in [-0.05, 0) is 124 Å². The van der Waals surface area contributed by atoms with Crippen LogP contribution in [0.1, 0.15) is 67.5 Å². The van der Waals surface area contributed by atoms with Gasteiger partial charge in [0.15, 0.2) is 0 Å². The molecule has 59 heavy (non-hydrogen) atoms. The van der Waals surface area contributed by atoms with Gasteiger partial charge in [-0.25, -0.2) is 31.9 Å². The summed E-state index contributed by atoms with van der Waals surface area (Å²) in [4.78, 5) is 11.0. The Morgan fingerprint density at radius 1 is 0.373 bits per heavy atom. The summed E-state index contributed by atoms with van der Waals surface area (Å²) in [6.07, 6.45) is 0. The van der Waals surface area contributed by atoms with Crippen molar-refractivity contribution in [2.24, 2.45) is 9.98 Å². The third kappa shape index (κ3) is 7.14. The van der Waals surface area contributed by atoms with Crippen molar-refractivity contribution in [3.05, 3.63) is 249 Å². The van der Waals surface area contributed by atoms with Gasteiger partial charge in [0.25, 0.3) is 0 Å². The van der Waals surface area contributed by atoms with E-state index in [-0.39, 0.29) is 0 Å². The molecule has 2 nitrogen and oxygen atoms in total. The molecule has 0 aliphatic heterocycles. The Bertz CT molecular complexity index is 2700. The minimum absolute atomic E-state index is 0.373. The molecule has 8 aromatic rings. The first kappa shape index (κ1) is 37.6. The number of nitrogens with zero attached hydrogens (tertiary/aromatic N) is 2. The van der Waals surface area contributed by atoms with Crippen LogP contribution in [-0.2, 0) is 0 Å². The van der Waals surface area contributed by atoms with Crippen LogP contribution < -0.4 is 0 Å². The van der Waals surface area contributed by atoms with Crippen molar-refractivity contribution in [2.45, 2.75) is 25.7 Å². The average Bonchev–Trinajstić information content (AvgIpc) is 3.53. The van der Waals surface area contributed by atoms with E-state index in [0.717, 1.165) is 38.7 Å². The number of benzene rings is 8. The van der Waals surface area contributed by atoms with E-state index in [4.69, 9.17) is 9.98 Å². The molecule has 9 rings (SSSR count). The maximum atomic E-state index is 16.7. The predicted octanol–water partition coefficient (Wildman–Crippen LogP) is 13.8. The summed E-state index contributed by atoms with van der Waals surface area (Å²) >= 11 is 0. The summed E-state index contributed by atoms with van der Waals surface area (Å²) < 4.78 is 74.9. The lowest BCUT2D eigenvalue weighted by Crippen LogP contribution is -2.14. The minimum atomic E-state index is -0.773. The van der Waals surface area contributed by atoms with Crippen molar-refractivity contribution in [3.8, 4) is 0 Å². The Morgan fingerprint density at radius 2 is 0.712 bits per heavy atom. The molecule has 0 saturated heterocycles. The average molecular weight is 783 g/mol. The molecule has 0 saturated carbocycles. The Labute approximate surface area is 338 Å². The topological polar surface area (TPSA) is 24.7 Å². The van der Waals surface area contributed by atoms with Crippen LogP contribution in [0.25, 0.3) is 10.8 Å². The van der Waals surface area contributed by atoms with Crippen molar-refractivity contribution >= 4 is 33.6 Å². The molecule has 0 radical (unpaired) electrons. The number of hydrogen-bond acceptors (Lipinski definition) is 2. The second-order valence-corrected chi connectivity index (χ2v) is 14.9. The van der Waals surface area contributed by atoms with E-state index in [2.05, 4.69) is 0 Å². The smallest absolute Gasteiger partial charge is 0.123 e. The molecule has 0 aromatic heterocycles. The summed E-state index contributed by atoms with van der Waals surface area (Å²) in [7, 11) is 0. The molecule has 0 fully saturated rings. The first-order valence-electron chi connectivity index (χ1n) is 19.2. The predicted molar refractivity (Wildman–Crippen MR) is 226 cm³/mol. The lowest BCUT2D eigenvalue weighted by atomic mass is 9.79. The molecule has 0 amide bonds. The zero-order chi connectivity index (χ0) is 40.8. The first-order chi connectivity index (χ1) is 28.6. The van der Waals surface area contributed by atoms with E-state index in [1.165, 1.54) is 60.7 Å². The van der Waals surface area contributed by atoms with Gasteiger partial charge in [-0.15, -0.1) is 0 Å². The van der Waals surface area contributed by atoms with Gasteiger partial charge in [-0.1, -0.05) is 103 Å². The second-order valence-electron chi connectivity index (χ2n) is 14.9. The Hall–Kier alpha value is -6.99. The van der Waals surface area contributed by atoms with Crippen LogP contribution in [0.2, 0.25) is 0 Å². The van der Waals surface area contributed by atoms with Gasteiger partial charge in [-0.3, -0.25) is 0 Å². The van der Waals surface area contributed by atoms with Crippen LogP contribution >= 0.6 is 0 Å². The third-order valence-corrected chi connectivity index (χ3v) is 11.1. The lowest BCUT2D eigenvalue weighted by Gasteiger charge is -2.27. The molecule has 0 N–H and O–H groups in total. The highest BCUT2D eigenvalue weighted by Crippen LogP contribution is 2.47. The number of rotatable bonds is 8. The fourth-order valence-corrected chi connectivity index (χ4v) is 8.36. The molecule has 288 valence electrons. The molecule has 0 heterocycles. The van der Waals surface area contributed by atoms with Gasteiger partial charge in [-0.2, -0.15) is 0 Å². The molecule has 7 heteroatoms. The zero-order valence-corrected chi connectivity index (χ0v) is 32.0. The summed E-state index contributed by atoms with van der Waals surface area (Å²) in [5.41, 5.74) is 9.25. The van der Waals surface area contributed by atoms with Gasteiger partial charge in [0.05, 0.1) is 22.8 Å². The van der Waals surface area contributed by atoms with E-state index in [0.29, 0.717) is 50.5 Å². The number of halogens is 5. The third-order valence-electron chi connectivity index (χ3n) is 11.1. The van der Waals surface area contributed by atoms with Crippen LogP contribution in [-0.4, -0.2) is 11.4 Å². The molecule has 1 aliphatic carbocycles. The van der Waals surface area contributed by atoms with Crippen LogP contribution in [0.3, 0.4) is 0 Å². The highest BCUT2D eigenvalue weighted by molar-refractivity contribution is 6.61. The highest BCUT2D eigenvalue weighted by Gasteiger charge is 2.32. The Kier molecular flexibility index (Phi) is 9.81. The van der Waals surface area contributed by atoms with Gasteiger partial charge >= 0.3 is 0 Å². The van der Waals surface area contributed by atoms with Crippen LogP contribution in [0.5, 0.6) is 0 Å². The van der Waals surface area contributed by atoms with E-state index < -0.39 is 40.9 Å². The molecule has 0 unspecified atom stereocenters. The fraction of sp³-hybridized carbons (Fsp3) is 0.0769. The van der Waals surface area contributed by atoms with E-state index in [9.17, 15) is 17.6 Å². The van der Waals surface area contributed by atoms with Crippen LogP contribution in [0.15, 0.2) is 174 Å². The van der Waals surface area contributed by atoms with Crippen molar-refractivity contribution in [1.82, 2.24) is 0 Å². The van der Waals surface area contributed by atoms with E-state index >= 15 is 4.39 Å². The van der Waals surface area contributed by atoms with Crippen LogP contribution in [0, 0.1) is 42.9 Å². The minimum Gasteiger partial charge on any atom is -0.246 e. The van der Waals surface area contributed by atoms with Gasteiger partial charge in [0.1, 0.15) is 29.1 Å². The standard InChI is InChI=1S/C52H35F5N2/c1-30-6-3-7-31(2)49(30)58-51-42-10-4-8-32-9-5-11-43(48(32)42)52(51)59-50-44(46(33-12-20-37(53)21-13-33)34-14-22-38(54)23-15-34)28-41(57)29-45(50)47(35-16-24-39(55)25-17-35)36-18-26-40(56)27-19-36/h3-29,46-47H,1-2H3. The SMILES string of the molecule is Cc1cccc(C)c1N=C1C(=Nc2c(C(c3ccc(F)cc3)c3ccc(F)cc3)cc(F)cc2C(c2ccc(F)cc2)c2ccc(F)cc2)c2cccc3cccc1c23. The van der Waals surface area contributed by atoms with E-state index in [1.54, 1.807) is 48.5 Å². The van der Waals surface area contributed by atoms with E-state index in [1.807, 2.05) is 68.4 Å². The van der Waals surface area contributed by atoms with Crippen molar-refractivity contribution in [2.75, 3.05) is 0 Å². The first-order valence-corrected chi connectivity index (χ1v) is 19.2. The maximum absolute atomic E-state index is 16.7. The molecule has 0 atom stereocenters. The van der Waals surface area contributed by atoms with Gasteiger partial charge in [0, 0.05) is 28.3 Å². The summed E-state index contributed by atoms with van der Waals surface area (Å²) in [5.74, 6) is -3.96. The lowest BCUT2D eigenvalue weighted by molar-refractivity contribution is 0.618. The summed E-state index contributed by atoms with van der Waals surface area (Å²) in [6, 6.07) is 44.6. The Balaban J connectivity index is 1.42. The molecule has 1 aliphatic rings. The maximum Gasteiger partial charge on any atom is 0.123 e. The normalized spacial score (nSPS) is 13.7. The molecule has 8 aromatic carbocycles. The van der Waals surface area contributed by atoms with Crippen molar-refractivity contribution in [1.29, 1.82) is 0 Å². The quantitative estimate of drug-likeness (QED) is 0.108. The number of aryl methyl sites for hydroxylation is 2. The molecule has 0 bridgehead atoms. The number of para-hydroxylation sites is 1. The van der Waals surface area contributed by atoms with Gasteiger partial charge in [0.2, 0.25) is 0 Å². The van der Waals surface area contributed by atoms with Crippen LogP contribution in [0.4, 0.5) is 33.3 Å². The van der Waals surface area contributed by atoms with Crippen molar-refractivity contribution in [3.63, 3.8) is 0 Å². The highest BCUT2D eigenvalue weighted by atomic mass is 19.1. The summed E-state index contributed by atoms with van der Waals surface area (Å²) in [6.45, 7) is 4.02. The molecule has 0 spiro atoms. The Morgan fingerprint density at radius 3 is 1.08 bits per heavy atom.